The van der Waals surface area contributed by atoms with Crippen LogP contribution in [0.3, 0.4) is 0 Å². The highest BCUT2D eigenvalue weighted by Gasteiger charge is 2.07. The Labute approximate surface area is 84.5 Å². The fourth-order valence-electron chi connectivity index (χ4n) is 0.968. The van der Waals surface area contributed by atoms with E-state index in [1.54, 1.807) is 11.3 Å². The van der Waals surface area contributed by atoms with Crippen molar-refractivity contribution in [2.24, 2.45) is 11.7 Å². The van der Waals surface area contributed by atoms with Crippen molar-refractivity contribution in [3.8, 4) is 0 Å². The maximum atomic E-state index is 8.91. The molecule has 0 fully saturated rings. The third kappa shape index (κ3) is 2.86. The van der Waals surface area contributed by atoms with Gasteiger partial charge < -0.3 is 10.8 Å². The molecule has 0 aromatic carbocycles. The zero-order valence-electron chi connectivity index (χ0n) is 6.66. The summed E-state index contributed by atoms with van der Waals surface area (Å²) >= 11 is 5.09. The normalized spacial score (nSPS) is 13.2. The van der Waals surface area contributed by atoms with Crippen molar-refractivity contribution in [1.82, 2.24) is 0 Å². The zero-order chi connectivity index (χ0) is 8.97. The molecule has 3 N–H and O–H groups in total. The van der Waals surface area contributed by atoms with E-state index in [2.05, 4.69) is 22.0 Å². The van der Waals surface area contributed by atoms with Crippen LogP contribution in [0.4, 0.5) is 0 Å². The van der Waals surface area contributed by atoms with Gasteiger partial charge in [-0.2, -0.15) is 0 Å². The van der Waals surface area contributed by atoms with Crippen LogP contribution in [-0.4, -0.2) is 18.3 Å². The van der Waals surface area contributed by atoms with Crippen molar-refractivity contribution in [3.05, 3.63) is 20.8 Å². The average Bonchev–Trinajstić information content (AvgIpc) is 2.47. The molecule has 12 heavy (non-hydrogen) atoms. The smallest absolute Gasteiger partial charge is 0.0701 e. The van der Waals surface area contributed by atoms with Gasteiger partial charge in [-0.3, -0.25) is 0 Å². The molecule has 1 heterocycles. The van der Waals surface area contributed by atoms with Crippen LogP contribution in [-0.2, 0) is 6.42 Å². The molecule has 0 amide bonds. The molecule has 0 saturated carbocycles. The molecule has 4 heteroatoms. The van der Waals surface area contributed by atoms with E-state index >= 15 is 0 Å². The summed E-state index contributed by atoms with van der Waals surface area (Å²) in [6, 6.07) is 4.08. The van der Waals surface area contributed by atoms with Crippen molar-refractivity contribution in [1.29, 1.82) is 0 Å². The largest absolute Gasteiger partial charge is 0.396 e. The van der Waals surface area contributed by atoms with E-state index in [-0.39, 0.29) is 12.5 Å². The molecule has 1 aromatic heterocycles. The van der Waals surface area contributed by atoms with Gasteiger partial charge in [0.05, 0.1) is 3.79 Å². The lowest BCUT2D eigenvalue weighted by Crippen LogP contribution is -2.19. The summed E-state index contributed by atoms with van der Waals surface area (Å²) in [6.07, 6.45) is 0.878. The SMILES string of the molecule is NCC(CO)Cc1ccc(Br)s1. The second-order valence-electron chi connectivity index (χ2n) is 2.69. The standard InChI is InChI=1S/C8H12BrNOS/c9-8-2-1-7(12-8)3-6(4-10)5-11/h1-2,6,11H,3-5,10H2. The minimum Gasteiger partial charge on any atom is -0.396 e. The minimum absolute atomic E-state index is 0.173. The Bertz CT molecular complexity index is 235. The molecule has 0 spiro atoms. The molecular weight excluding hydrogens is 238 g/mol. The Hall–Kier alpha value is 0.1000. The van der Waals surface area contributed by atoms with Crippen LogP contribution in [0.2, 0.25) is 0 Å². The molecule has 1 aromatic rings. The average molecular weight is 250 g/mol. The molecule has 0 bridgehead atoms. The van der Waals surface area contributed by atoms with Crippen molar-refractivity contribution >= 4 is 27.3 Å². The van der Waals surface area contributed by atoms with Crippen LogP contribution in [0.25, 0.3) is 0 Å². The maximum absolute atomic E-state index is 8.91. The van der Waals surface area contributed by atoms with Crippen molar-refractivity contribution in [2.45, 2.75) is 6.42 Å². The molecule has 1 atom stereocenters. The number of hydrogen-bond donors (Lipinski definition) is 2. The third-order valence-electron chi connectivity index (χ3n) is 1.71. The Morgan fingerprint density at radius 2 is 2.33 bits per heavy atom. The first-order valence-corrected chi connectivity index (χ1v) is 5.42. The van der Waals surface area contributed by atoms with E-state index < -0.39 is 0 Å². The van der Waals surface area contributed by atoms with Crippen molar-refractivity contribution in [3.63, 3.8) is 0 Å². The molecule has 2 nitrogen and oxygen atoms in total. The predicted octanol–water partition coefficient (Wildman–Crippen LogP) is 1.62. The van der Waals surface area contributed by atoms with Gasteiger partial charge in [-0.1, -0.05) is 0 Å². The quantitative estimate of drug-likeness (QED) is 0.853. The number of nitrogens with two attached hydrogens (primary N) is 1. The second-order valence-corrected chi connectivity index (χ2v) is 5.24. The van der Waals surface area contributed by atoms with Gasteiger partial charge in [-0.25, -0.2) is 0 Å². The lowest BCUT2D eigenvalue weighted by Gasteiger charge is -2.08. The number of aliphatic hydroxyl groups is 1. The fraction of sp³-hybridized carbons (Fsp3) is 0.500. The van der Waals surface area contributed by atoms with Crippen LogP contribution < -0.4 is 5.73 Å². The molecule has 0 saturated heterocycles. The molecule has 0 aliphatic heterocycles. The zero-order valence-corrected chi connectivity index (χ0v) is 9.07. The van der Waals surface area contributed by atoms with Gasteiger partial charge in [0.1, 0.15) is 0 Å². The van der Waals surface area contributed by atoms with Gasteiger partial charge in [0.25, 0.3) is 0 Å². The van der Waals surface area contributed by atoms with Gasteiger partial charge in [0.2, 0.25) is 0 Å². The van der Waals surface area contributed by atoms with Crippen molar-refractivity contribution < 1.29 is 5.11 Å². The van der Waals surface area contributed by atoms with E-state index in [9.17, 15) is 0 Å². The molecule has 68 valence electrons. The highest BCUT2D eigenvalue weighted by Crippen LogP contribution is 2.23. The highest BCUT2D eigenvalue weighted by molar-refractivity contribution is 9.11. The van der Waals surface area contributed by atoms with E-state index in [0.717, 1.165) is 10.2 Å². The number of thiophene rings is 1. The van der Waals surface area contributed by atoms with Crippen LogP contribution in [0, 0.1) is 5.92 Å². The summed E-state index contributed by atoms with van der Waals surface area (Å²) in [5.74, 6) is 0.204. The molecule has 1 unspecified atom stereocenters. The van der Waals surface area contributed by atoms with E-state index in [0.29, 0.717) is 6.54 Å². The number of aliphatic hydroxyl groups excluding tert-OH is 1. The summed E-state index contributed by atoms with van der Waals surface area (Å²) < 4.78 is 1.13. The minimum atomic E-state index is 0.173. The lowest BCUT2D eigenvalue weighted by atomic mass is 10.1. The summed E-state index contributed by atoms with van der Waals surface area (Å²) in [6.45, 7) is 0.720. The van der Waals surface area contributed by atoms with Gasteiger partial charge in [0, 0.05) is 11.5 Å². The molecular formula is C8H12BrNOS. The first kappa shape index (κ1) is 10.2. The number of rotatable bonds is 4. The first-order valence-electron chi connectivity index (χ1n) is 3.81. The number of hydrogen-bond acceptors (Lipinski definition) is 3. The topological polar surface area (TPSA) is 46.2 Å². The molecule has 0 aliphatic rings. The molecule has 0 radical (unpaired) electrons. The van der Waals surface area contributed by atoms with Crippen LogP contribution in [0.15, 0.2) is 15.9 Å². The van der Waals surface area contributed by atoms with E-state index in [1.807, 2.05) is 6.07 Å². The summed E-state index contributed by atoms with van der Waals surface area (Å²) in [7, 11) is 0. The third-order valence-corrected chi connectivity index (χ3v) is 3.36. The summed E-state index contributed by atoms with van der Waals surface area (Å²) in [5, 5.41) is 8.91. The monoisotopic (exact) mass is 249 g/mol. The van der Waals surface area contributed by atoms with Crippen LogP contribution >= 0.6 is 27.3 Å². The van der Waals surface area contributed by atoms with Gasteiger partial charge in [-0.05, 0) is 46.9 Å². The van der Waals surface area contributed by atoms with Gasteiger partial charge >= 0.3 is 0 Å². The Kier molecular flexibility index (Phi) is 4.21. The summed E-state index contributed by atoms with van der Waals surface area (Å²) in [5.41, 5.74) is 5.47. The van der Waals surface area contributed by atoms with E-state index in [4.69, 9.17) is 10.8 Å². The summed E-state index contributed by atoms with van der Waals surface area (Å²) in [4.78, 5) is 1.27. The lowest BCUT2D eigenvalue weighted by molar-refractivity contribution is 0.230. The van der Waals surface area contributed by atoms with Crippen LogP contribution in [0.5, 0.6) is 0 Å². The Morgan fingerprint density at radius 3 is 2.75 bits per heavy atom. The molecule has 0 aliphatic carbocycles. The molecule has 1 rings (SSSR count). The van der Waals surface area contributed by atoms with Crippen molar-refractivity contribution in [2.75, 3.05) is 13.2 Å². The van der Waals surface area contributed by atoms with Crippen LogP contribution in [0.1, 0.15) is 4.88 Å². The fourth-order valence-corrected chi connectivity index (χ4v) is 2.57. The highest BCUT2D eigenvalue weighted by atomic mass is 79.9. The second kappa shape index (κ2) is 4.97. The van der Waals surface area contributed by atoms with Gasteiger partial charge in [0.15, 0.2) is 0 Å². The van der Waals surface area contributed by atoms with E-state index in [1.165, 1.54) is 4.88 Å². The number of halogens is 1. The maximum Gasteiger partial charge on any atom is 0.0701 e. The Morgan fingerprint density at radius 1 is 1.58 bits per heavy atom. The predicted molar refractivity (Wildman–Crippen MR) is 55.4 cm³/mol. The van der Waals surface area contributed by atoms with Gasteiger partial charge in [-0.15, -0.1) is 11.3 Å². The first-order chi connectivity index (χ1) is 5.76. The Balaban J connectivity index is 2.50.